The van der Waals surface area contributed by atoms with Crippen molar-refractivity contribution in [3.05, 3.63) is 65.7 Å². The molecular formula is C16H8F2N2O2. The summed E-state index contributed by atoms with van der Waals surface area (Å²) in [5.74, 6) is 0. The van der Waals surface area contributed by atoms with Gasteiger partial charge in [-0.15, -0.1) is 0 Å². The third-order valence-electron chi connectivity index (χ3n) is 2.85. The van der Waals surface area contributed by atoms with E-state index in [0.717, 1.165) is 0 Å². The third-order valence-corrected chi connectivity index (χ3v) is 2.85. The zero-order valence-electron chi connectivity index (χ0n) is 11.1. The first-order valence-electron chi connectivity index (χ1n) is 6.07. The largest absolute Gasteiger partial charge is 0.278 e. The quantitative estimate of drug-likeness (QED) is 0.625. The van der Waals surface area contributed by atoms with Crippen molar-refractivity contribution in [2.24, 2.45) is 9.98 Å². The van der Waals surface area contributed by atoms with Gasteiger partial charge in [-0.1, -0.05) is 24.3 Å². The van der Waals surface area contributed by atoms with Crippen molar-refractivity contribution >= 4 is 29.1 Å². The lowest BCUT2D eigenvalue weighted by Crippen LogP contribution is -1.89. The first kappa shape index (κ1) is 15.2. The van der Waals surface area contributed by atoms with Crippen LogP contribution in [0.15, 0.2) is 64.6 Å². The van der Waals surface area contributed by atoms with Crippen LogP contribution in [0.1, 0.15) is 11.1 Å². The topological polar surface area (TPSA) is 58.9 Å². The Balaban J connectivity index is 2.44. The molecule has 4 nitrogen and oxygen atoms in total. The second-order valence-corrected chi connectivity index (χ2v) is 4.14. The Labute approximate surface area is 124 Å². The maximum atomic E-state index is 13.3. The lowest BCUT2D eigenvalue weighted by atomic mass is 9.98. The molecule has 108 valence electrons. The molecule has 0 radical (unpaired) electrons. The van der Waals surface area contributed by atoms with Gasteiger partial charge in [-0.3, -0.25) is 0 Å². The highest BCUT2D eigenvalue weighted by atomic mass is 19.3. The Hall–Kier alpha value is -3.20. The van der Waals surface area contributed by atoms with Crippen LogP contribution in [0.2, 0.25) is 0 Å². The van der Waals surface area contributed by atoms with Gasteiger partial charge in [-0.25, -0.2) is 9.59 Å². The van der Waals surface area contributed by atoms with Crippen molar-refractivity contribution < 1.29 is 18.4 Å². The van der Waals surface area contributed by atoms with Gasteiger partial charge in [0.05, 0.1) is 16.9 Å². The zero-order chi connectivity index (χ0) is 15.9. The molecule has 0 amide bonds. The van der Waals surface area contributed by atoms with E-state index in [9.17, 15) is 18.4 Å². The summed E-state index contributed by atoms with van der Waals surface area (Å²) >= 11 is 0. The zero-order valence-corrected chi connectivity index (χ0v) is 11.1. The number of hydrogen-bond acceptors (Lipinski definition) is 4. The van der Waals surface area contributed by atoms with Crippen LogP contribution in [0.4, 0.5) is 20.2 Å². The summed E-state index contributed by atoms with van der Waals surface area (Å²) in [6.45, 7) is 0. The summed E-state index contributed by atoms with van der Waals surface area (Å²) in [4.78, 5) is 27.1. The predicted octanol–water partition coefficient (Wildman–Crippen LogP) is 4.28. The van der Waals surface area contributed by atoms with Crippen LogP contribution in [0.3, 0.4) is 0 Å². The van der Waals surface area contributed by atoms with E-state index in [-0.39, 0.29) is 16.7 Å². The number of aliphatic imine (C=N–C) groups is 2. The molecule has 0 aliphatic heterocycles. The van der Waals surface area contributed by atoms with Crippen LogP contribution in [-0.4, -0.2) is 12.2 Å². The van der Waals surface area contributed by atoms with E-state index >= 15 is 0 Å². The normalized spacial score (nSPS) is 9.36. The first-order chi connectivity index (χ1) is 10.7. The molecule has 0 unspecified atom stereocenters. The molecule has 6 heteroatoms. The smallest absolute Gasteiger partial charge is 0.211 e. The summed E-state index contributed by atoms with van der Waals surface area (Å²) < 4.78 is 26.6. The van der Waals surface area contributed by atoms with E-state index in [1.54, 1.807) is 0 Å². The third kappa shape index (κ3) is 3.46. The maximum absolute atomic E-state index is 13.3. The first-order valence-corrected chi connectivity index (χ1v) is 6.07. The maximum Gasteiger partial charge on any atom is 0.278 e. The number of benzene rings is 2. The number of carbonyl (C=O) groups excluding carboxylic acids is 2. The molecular weight excluding hydrogens is 290 g/mol. The number of rotatable bonds is 4. The highest BCUT2D eigenvalue weighted by Gasteiger charge is 2.12. The minimum absolute atomic E-state index is 0.247. The average Bonchev–Trinajstić information content (AvgIpc) is 2.51. The van der Waals surface area contributed by atoms with Crippen LogP contribution >= 0.6 is 0 Å². The van der Waals surface area contributed by atoms with Crippen molar-refractivity contribution in [1.29, 1.82) is 0 Å². The fourth-order valence-corrected chi connectivity index (χ4v) is 1.90. The molecule has 0 aliphatic rings. The van der Waals surface area contributed by atoms with Crippen molar-refractivity contribution in [3.8, 4) is 0 Å². The molecule has 0 aliphatic carbocycles. The molecule has 22 heavy (non-hydrogen) atoms. The van der Waals surface area contributed by atoms with Crippen molar-refractivity contribution in [3.63, 3.8) is 0 Å². The SMILES string of the molecule is O=C=Nc1ccc(C(=C(F)F)c2ccc(N=C=O)cc2)cc1. The summed E-state index contributed by atoms with van der Waals surface area (Å²) in [5.41, 5.74) is 0.956. The van der Waals surface area contributed by atoms with E-state index in [1.807, 2.05) is 0 Å². The van der Waals surface area contributed by atoms with Crippen LogP contribution in [-0.2, 0) is 9.59 Å². The van der Waals surface area contributed by atoms with Crippen molar-refractivity contribution in [1.82, 2.24) is 0 Å². The molecule has 0 atom stereocenters. The Morgan fingerprint density at radius 2 is 1.09 bits per heavy atom. The fraction of sp³-hybridized carbons (Fsp3) is 0. The molecule has 0 aromatic heterocycles. The Morgan fingerprint density at radius 1 is 0.727 bits per heavy atom. The number of nitrogens with zero attached hydrogens (tertiary/aromatic N) is 2. The highest BCUT2D eigenvalue weighted by molar-refractivity contribution is 5.81. The minimum Gasteiger partial charge on any atom is -0.211 e. The second-order valence-electron chi connectivity index (χ2n) is 4.14. The minimum atomic E-state index is -1.85. The van der Waals surface area contributed by atoms with E-state index < -0.39 is 6.08 Å². The summed E-state index contributed by atoms with van der Waals surface area (Å²) in [7, 11) is 0. The summed E-state index contributed by atoms with van der Waals surface area (Å²) in [5, 5.41) is 0. The molecule has 0 saturated carbocycles. The molecule has 0 N–H and O–H groups in total. The van der Waals surface area contributed by atoms with Gasteiger partial charge in [0.1, 0.15) is 0 Å². The lowest BCUT2D eigenvalue weighted by Gasteiger charge is -2.07. The number of hydrogen-bond donors (Lipinski definition) is 0. The molecule has 0 heterocycles. The monoisotopic (exact) mass is 298 g/mol. The second kappa shape index (κ2) is 6.99. The molecule has 2 aromatic rings. The van der Waals surface area contributed by atoms with Crippen molar-refractivity contribution in [2.75, 3.05) is 0 Å². The van der Waals surface area contributed by atoms with Gasteiger partial charge in [0.25, 0.3) is 6.08 Å². The fourth-order valence-electron chi connectivity index (χ4n) is 1.90. The summed E-state index contributed by atoms with van der Waals surface area (Å²) in [6, 6.07) is 11.5. The van der Waals surface area contributed by atoms with Crippen molar-refractivity contribution in [2.45, 2.75) is 0 Å². The molecule has 2 rings (SSSR count). The van der Waals surface area contributed by atoms with Gasteiger partial charge in [0, 0.05) is 0 Å². The molecule has 0 saturated heterocycles. The predicted molar refractivity (Wildman–Crippen MR) is 76.7 cm³/mol. The molecule has 0 spiro atoms. The van der Waals surface area contributed by atoms with E-state index in [0.29, 0.717) is 11.4 Å². The highest BCUT2D eigenvalue weighted by Crippen LogP contribution is 2.30. The standard InChI is InChI=1S/C16H8F2N2O2/c17-16(18)15(11-1-5-13(6-2-11)19-9-21)12-3-7-14(8-4-12)20-10-22/h1-8H. The van der Waals surface area contributed by atoms with Crippen LogP contribution in [0, 0.1) is 0 Å². The summed E-state index contributed by atoms with van der Waals surface area (Å²) in [6.07, 6.45) is 0.908. The van der Waals surface area contributed by atoms with Gasteiger partial charge in [0.2, 0.25) is 12.2 Å². The van der Waals surface area contributed by atoms with Gasteiger partial charge >= 0.3 is 0 Å². The molecule has 0 fully saturated rings. The van der Waals surface area contributed by atoms with Crippen LogP contribution in [0.25, 0.3) is 5.57 Å². The molecule has 2 aromatic carbocycles. The van der Waals surface area contributed by atoms with Gasteiger partial charge in [-0.2, -0.15) is 18.8 Å². The Kier molecular flexibility index (Phi) is 4.83. The van der Waals surface area contributed by atoms with Gasteiger partial charge in [-0.05, 0) is 35.4 Å². The van der Waals surface area contributed by atoms with E-state index in [1.165, 1.54) is 60.7 Å². The van der Waals surface area contributed by atoms with Crippen LogP contribution < -0.4 is 0 Å². The Bertz CT molecular complexity index is 732. The molecule has 0 bridgehead atoms. The van der Waals surface area contributed by atoms with E-state index in [4.69, 9.17) is 0 Å². The van der Waals surface area contributed by atoms with Gasteiger partial charge in [0.15, 0.2) is 0 Å². The Morgan fingerprint density at radius 3 is 1.36 bits per heavy atom. The number of halogens is 2. The van der Waals surface area contributed by atoms with Gasteiger partial charge < -0.3 is 0 Å². The van der Waals surface area contributed by atoms with Crippen LogP contribution in [0.5, 0.6) is 0 Å². The number of isocyanates is 2. The average molecular weight is 298 g/mol. The lowest BCUT2D eigenvalue weighted by molar-refractivity contribution is 0.426. The van der Waals surface area contributed by atoms with E-state index in [2.05, 4.69) is 9.98 Å².